The number of aromatic amines is 1. The van der Waals surface area contributed by atoms with Crippen LogP contribution in [0.4, 0.5) is 0 Å². The number of pyridine rings is 1. The molecule has 0 fully saturated rings. The van der Waals surface area contributed by atoms with E-state index in [1.807, 2.05) is 30.3 Å². The number of benzene rings is 1. The second-order valence-electron chi connectivity index (χ2n) is 6.55. The third-order valence-electron chi connectivity index (χ3n) is 4.11. The van der Waals surface area contributed by atoms with E-state index in [1.54, 1.807) is 24.2 Å². The predicted molar refractivity (Wildman–Crippen MR) is 107 cm³/mol. The molecule has 0 saturated heterocycles. The van der Waals surface area contributed by atoms with Crippen LogP contribution < -0.4 is 0 Å². The maximum Gasteiger partial charge on any atom is 0.136 e. The third-order valence-corrected chi connectivity index (χ3v) is 5.13. The molecule has 2 aromatic heterocycles. The van der Waals surface area contributed by atoms with Gasteiger partial charge in [-0.1, -0.05) is 43.8 Å². The molecule has 27 heavy (non-hydrogen) atoms. The Bertz CT molecular complexity index is 822. The molecule has 142 valence electrons. The van der Waals surface area contributed by atoms with Gasteiger partial charge in [0.2, 0.25) is 0 Å². The van der Waals surface area contributed by atoms with Gasteiger partial charge in [0.15, 0.2) is 0 Å². The van der Waals surface area contributed by atoms with Crippen molar-refractivity contribution in [2.75, 3.05) is 13.2 Å². The molecule has 1 aromatic carbocycles. The molecule has 3 rings (SSSR count). The van der Waals surface area contributed by atoms with E-state index < -0.39 is 0 Å². The van der Waals surface area contributed by atoms with Crippen molar-refractivity contribution in [1.29, 1.82) is 0 Å². The summed E-state index contributed by atoms with van der Waals surface area (Å²) in [7, 11) is 0. The topological polar surface area (TPSA) is 71.0 Å². The van der Waals surface area contributed by atoms with Gasteiger partial charge in [-0.25, -0.2) is 4.98 Å². The summed E-state index contributed by atoms with van der Waals surface area (Å²) >= 11 is 1.68. The fourth-order valence-corrected chi connectivity index (χ4v) is 3.85. The SMILES string of the molecule is CC(C)c1nc(C(Cc2ccncc2)OCCO)[nH]c1Sc1ccccc1. The van der Waals surface area contributed by atoms with E-state index in [2.05, 4.69) is 35.9 Å². The lowest BCUT2D eigenvalue weighted by Gasteiger charge is -2.15. The highest BCUT2D eigenvalue weighted by atomic mass is 32.2. The molecular weight excluding hydrogens is 358 g/mol. The Morgan fingerprint density at radius 3 is 2.52 bits per heavy atom. The largest absolute Gasteiger partial charge is 0.394 e. The second kappa shape index (κ2) is 9.69. The summed E-state index contributed by atoms with van der Waals surface area (Å²) in [6.07, 6.45) is 3.97. The Hall–Kier alpha value is -2.15. The van der Waals surface area contributed by atoms with Crippen molar-refractivity contribution in [1.82, 2.24) is 15.0 Å². The fraction of sp³-hybridized carbons (Fsp3) is 0.333. The number of nitrogens with zero attached hydrogens (tertiary/aromatic N) is 2. The molecule has 0 amide bonds. The van der Waals surface area contributed by atoms with Gasteiger partial charge in [-0.05, 0) is 35.7 Å². The quantitative estimate of drug-likeness (QED) is 0.574. The van der Waals surface area contributed by atoms with Gasteiger partial charge in [0.25, 0.3) is 0 Å². The predicted octanol–water partition coefficient (Wildman–Crippen LogP) is 4.37. The summed E-state index contributed by atoms with van der Waals surface area (Å²) in [6.45, 7) is 4.54. The van der Waals surface area contributed by atoms with Crippen molar-refractivity contribution in [3.8, 4) is 0 Å². The molecule has 0 radical (unpaired) electrons. The molecule has 0 bridgehead atoms. The number of rotatable bonds is 9. The van der Waals surface area contributed by atoms with Crippen LogP contribution in [0.5, 0.6) is 0 Å². The minimum Gasteiger partial charge on any atom is -0.394 e. The second-order valence-corrected chi connectivity index (χ2v) is 7.63. The van der Waals surface area contributed by atoms with E-state index in [9.17, 15) is 5.11 Å². The lowest BCUT2D eigenvalue weighted by Crippen LogP contribution is -2.12. The summed E-state index contributed by atoms with van der Waals surface area (Å²) in [4.78, 5) is 13.6. The van der Waals surface area contributed by atoms with Crippen molar-refractivity contribution < 1.29 is 9.84 Å². The van der Waals surface area contributed by atoms with Crippen molar-refractivity contribution in [2.24, 2.45) is 0 Å². The number of aliphatic hydroxyl groups excluding tert-OH is 1. The smallest absolute Gasteiger partial charge is 0.136 e. The summed E-state index contributed by atoms with van der Waals surface area (Å²) in [6, 6.07) is 14.2. The normalized spacial score (nSPS) is 12.4. The monoisotopic (exact) mass is 383 g/mol. The Morgan fingerprint density at radius 1 is 1.11 bits per heavy atom. The Balaban J connectivity index is 1.88. The standard InChI is InChI=1S/C21H25N3O2S/c1-15(2)19-21(27-17-6-4-3-5-7-17)24-20(23-19)18(26-13-12-25)14-16-8-10-22-11-9-16/h3-11,15,18,25H,12-14H2,1-2H3,(H,23,24). The number of hydrogen-bond acceptors (Lipinski definition) is 5. The van der Waals surface area contributed by atoms with E-state index in [-0.39, 0.29) is 19.3 Å². The van der Waals surface area contributed by atoms with Gasteiger partial charge in [0.05, 0.1) is 18.9 Å². The number of aromatic nitrogens is 3. The number of nitrogens with one attached hydrogen (secondary N) is 1. The molecule has 3 aromatic rings. The van der Waals surface area contributed by atoms with Crippen LogP contribution in [0.2, 0.25) is 0 Å². The van der Waals surface area contributed by atoms with Crippen molar-refractivity contribution in [3.05, 3.63) is 71.9 Å². The molecule has 0 aliphatic heterocycles. The summed E-state index contributed by atoms with van der Waals surface area (Å²) in [5, 5.41) is 10.2. The summed E-state index contributed by atoms with van der Waals surface area (Å²) in [5.41, 5.74) is 2.15. The van der Waals surface area contributed by atoms with Crippen molar-refractivity contribution in [3.63, 3.8) is 0 Å². The van der Waals surface area contributed by atoms with Gasteiger partial charge in [0.1, 0.15) is 17.0 Å². The first-order valence-corrected chi connectivity index (χ1v) is 9.93. The summed E-state index contributed by atoms with van der Waals surface area (Å²) < 4.78 is 5.91. The molecule has 0 aliphatic rings. The average molecular weight is 384 g/mol. The Morgan fingerprint density at radius 2 is 1.85 bits per heavy atom. The number of aliphatic hydroxyl groups is 1. The zero-order chi connectivity index (χ0) is 19.1. The van der Waals surface area contributed by atoms with E-state index >= 15 is 0 Å². The average Bonchev–Trinajstić information content (AvgIpc) is 3.11. The maximum atomic E-state index is 9.20. The van der Waals surface area contributed by atoms with E-state index in [0.717, 1.165) is 27.0 Å². The van der Waals surface area contributed by atoms with Gasteiger partial charge in [-0.2, -0.15) is 0 Å². The van der Waals surface area contributed by atoms with Gasteiger partial charge in [0, 0.05) is 23.7 Å². The van der Waals surface area contributed by atoms with Crippen LogP contribution in [0.25, 0.3) is 0 Å². The highest BCUT2D eigenvalue weighted by Gasteiger charge is 2.22. The van der Waals surface area contributed by atoms with Crippen molar-refractivity contribution in [2.45, 2.75) is 42.2 Å². The van der Waals surface area contributed by atoms with Crippen LogP contribution in [0.15, 0.2) is 64.8 Å². The first-order chi connectivity index (χ1) is 13.2. The van der Waals surface area contributed by atoms with Crippen LogP contribution in [0.3, 0.4) is 0 Å². The minimum atomic E-state index is -0.248. The van der Waals surface area contributed by atoms with Gasteiger partial charge in [-0.15, -0.1) is 0 Å². The maximum absolute atomic E-state index is 9.20. The van der Waals surface area contributed by atoms with Crippen LogP contribution in [0, 0.1) is 0 Å². The zero-order valence-corrected chi connectivity index (χ0v) is 16.4. The van der Waals surface area contributed by atoms with Gasteiger partial charge < -0.3 is 14.8 Å². The number of imidazole rings is 1. The van der Waals surface area contributed by atoms with Gasteiger partial charge >= 0.3 is 0 Å². The molecule has 0 saturated carbocycles. The number of ether oxygens (including phenoxy) is 1. The highest BCUT2D eigenvalue weighted by molar-refractivity contribution is 7.99. The van der Waals surface area contributed by atoms with E-state index in [4.69, 9.17) is 9.72 Å². The molecule has 5 nitrogen and oxygen atoms in total. The molecule has 0 spiro atoms. The van der Waals surface area contributed by atoms with Crippen LogP contribution >= 0.6 is 11.8 Å². The number of hydrogen-bond donors (Lipinski definition) is 2. The molecular formula is C21H25N3O2S. The Labute approximate surface area is 164 Å². The molecule has 1 atom stereocenters. The molecule has 0 aliphatic carbocycles. The molecule has 2 heterocycles. The van der Waals surface area contributed by atoms with E-state index in [1.165, 1.54) is 0 Å². The van der Waals surface area contributed by atoms with Crippen LogP contribution in [-0.4, -0.2) is 33.3 Å². The third kappa shape index (κ3) is 5.42. The Kier molecular flexibility index (Phi) is 7.04. The van der Waals surface area contributed by atoms with E-state index in [0.29, 0.717) is 12.3 Å². The summed E-state index contributed by atoms with van der Waals surface area (Å²) in [5.74, 6) is 1.09. The van der Waals surface area contributed by atoms with Crippen LogP contribution in [-0.2, 0) is 11.2 Å². The lowest BCUT2D eigenvalue weighted by atomic mass is 10.1. The highest BCUT2D eigenvalue weighted by Crippen LogP contribution is 2.34. The molecule has 1 unspecified atom stereocenters. The van der Waals surface area contributed by atoms with Crippen LogP contribution in [0.1, 0.15) is 43.0 Å². The zero-order valence-electron chi connectivity index (χ0n) is 15.6. The van der Waals surface area contributed by atoms with Gasteiger partial charge in [-0.3, -0.25) is 4.98 Å². The number of H-pyrrole nitrogens is 1. The first kappa shape index (κ1) is 19.6. The molecule has 2 N–H and O–H groups in total. The van der Waals surface area contributed by atoms with Crippen molar-refractivity contribution >= 4 is 11.8 Å². The molecule has 6 heteroatoms. The minimum absolute atomic E-state index is 0.0176. The lowest BCUT2D eigenvalue weighted by molar-refractivity contribution is 0.0234. The fourth-order valence-electron chi connectivity index (χ4n) is 2.78. The first-order valence-electron chi connectivity index (χ1n) is 9.11.